The van der Waals surface area contributed by atoms with E-state index in [1.165, 1.54) is 0 Å². The molecular formula is C14H15BrN2O2. The first-order valence-corrected chi connectivity index (χ1v) is 6.84. The number of amides is 1. The fraction of sp³-hybridized carbons (Fsp3) is 0.286. The monoisotopic (exact) mass is 322 g/mol. The van der Waals surface area contributed by atoms with E-state index in [4.69, 9.17) is 4.42 Å². The van der Waals surface area contributed by atoms with Gasteiger partial charge >= 0.3 is 0 Å². The number of aromatic nitrogens is 1. The molecule has 5 heteroatoms. The lowest BCUT2D eigenvalue weighted by atomic mass is 10.2. The fourth-order valence-corrected chi connectivity index (χ4v) is 1.80. The van der Waals surface area contributed by atoms with Crippen molar-refractivity contribution in [2.45, 2.75) is 26.3 Å². The van der Waals surface area contributed by atoms with Crippen molar-refractivity contribution >= 4 is 21.8 Å². The molecule has 2 rings (SSSR count). The van der Waals surface area contributed by atoms with Crippen LogP contribution in [0.3, 0.4) is 0 Å². The van der Waals surface area contributed by atoms with Gasteiger partial charge in [0.2, 0.25) is 5.89 Å². The molecule has 0 atom stereocenters. The first kappa shape index (κ1) is 13.8. The van der Waals surface area contributed by atoms with Crippen LogP contribution in [0.25, 0.3) is 0 Å². The van der Waals surface area contributed by atoms with Crippen molar-refractivity contribution in [2.24, 2.45) is 0 Å². The lowest BCUT2D eigenvalue weighted by Crippen LogP contribution is -2.22. The van der Waals surface area contributed by atoms with E-state index in [9.17, 15) is 4.79 Å². The summed E-state index contributed by atoms with van der Waals surface area (Å²) < 4.78 is 6.46. The molecule has 0 fully saturated rings. The van der Waals surface area contributed by atoms with Crippen LogP contribution in [-0.2, 0) is 6.54 Å². The van der Waals surface area contributed by atoms with Gasteiger partial charge in [0, 0.05) is 16.0 Å². The maximum Gasteiger partial charge on any atom is 0.251 e. The van der Waals surface area contributed by atoms with Crippen LogP contribution in [0.15, 0.2) is 39.4 Å². The molecule has 0 aliphatic rings. The van der Waals surface area contributed by atoms with Gasteiger partial charge in [-0.05, 0) is 24.3 Å². The van der Waals surface area contributed by atoms with Crippen molar-refractivity contribution in [3.8, 4) is 0 Å². The Hall–Kier alpha value is -1.62. The minimum Gasteiger partial charge on any atom is -0.444 e. The summed E-state index contributed by atoms with van der Waals surface area (Å²) in [5.41, 5.74) is 0.610. The number of carbonyl (C=O) groups excluding carboxylic acids is 1. The van der Waals surface area contributed by atoms with Crippen molar-refractivity contribution in [1.29, 1.82) is 0 Å². The summed E-state index contributed by atoms with van der Waals surface area (Å²) in [5.74, 6) is 1.50. The molecule has 0 aliphatic carbocycles. The lowest BCUT2D eigenvalue weighted by Gasteiger charge is -2.03. The van der Waals surface area contributed by atoms with E-state index in [1.807, 2.05) is 26.0 Å². The van der Waals surface area contributed by atoms with Crippen LogP contribution in [-0.4, -0.2) is 10.9 Å². The highest BCUT2D eigenvalue weighted by Gasteiger charge is 2.09. The van der Waals surface area contributed by atoms with E-state index in [-0.39, 0.29) is 5.91 Å². The molecule has 1 aromatic heterocycles. The van der Waals surface area contributed by atoms with Gasteiger partial charge in [0.15, 0.2) is 0 Å². The molecule has 0 saturated heterocycles. The van der Waals surface area contributed by atoms with Crippen LogP contribution in [0.4, 0.5) is 0 Å². The van der Waals surface area contributed by atoms with Crippen molar-refractivity contribution < 1.29 is 9.21 Å². The zero-order valence-corrected chi connectivity index (χ0v) is 12.4. The molecule has 19 heavy (non-hydrogen) atoms. The van der Waals surface area contributed by atoms with E-state index in [0.717, 1.165) is 10.2 Å². The standard InChI is InChI=1S/C14H15BrN2O2/c1-9(2)12-7-16-13(19-12)8-17-14(18)10-3-5-11(15)6-4-10/h3-7,9H,8H2,1-2H3,(H,17,18). The topological polar surface area (TPSA) is 55.1 Å². The zero-order valence-electron chi connectivity index (χ0n) is 10.8. The predicted molar refractivity (Wildman–Crippen MR) is 75.9 cm³/mol. The Morgan fingerprint density at radius 1 is 1.37 bits per heavy atom. The minimum atomic E-state index is -0.142. The number of nitrogens with zero attached hydrogens (tertiary/aromatic N) is 1. The Balaban J connectivity index is 1.94. The van der Waals surface area contributed by atoms with Crippen molar-refractivity contribution in [3.63, 3.8) is 0 Å². The maximum absolute atomic E-state index is 11.9. The maximum atomic E-state index is 11.9. The van der Waals surface area contributed by atoms with Crippen LogP contribution in [0, 0.1) is 0 Å². The van der Waals surface area contributed by atoms with Crippen LogP contribution < -0.4 is 5.32 Å². The van der Waals surface area contributed by atoms with Gasteiger partial charge < -0.3 is 9.73 Å². The van der Waals surface area contributed by atoms with Crippen LogP contribution in [0.1, 0.15) is 41.8 Å². The Labute approximate surface area is 120 Å². The van der Waals surface area contributed by atoms with Gasteiger partial charge in [-0.1, -0.05) is 29.8 Å². The molecule has 0 unspecified atom stereocenters. The largest absolute Gasteiger partial charge is 0.444 e. The summed E-state index contributed by atoms with van der Waals surface area (Å²) in [6.45, 7) is 4.36. The van der Waals surface area contributed by atoms with Gasteiger partial charge in [0.05, 0.1) is 12.7 Å². The summed E-state index contributed by atoms with van der Waals surface area (Å²) in [6, 6.07) is 7.18. The van der Waals surface area contributed by atoms with Crippen LogP contribution >= 0.6 is 15.9 Å². The molecule has 1 N–H and O–H groups in total. The van der Waals surface area contributed by atoms with Gasteiger partial charge in [-0.25, -0.2) is 4.98 Å². The second kappa shape index (κ2) is 6.02. The molecule has 0 saturated carbocycles. The Morgan fingerprint density at radius 2 is 2.05 bits per heavy atom. The van der Waals surface area contributed by atoms with Gasteiger partial charge in [-0.3, -0.25) is 4.79 Å². The molecular weight excluding hydrogens is 308 g/mol. The Morgan fingerprint density at radius 3 is 2.63 bits per heavy atom. The lowest BCUT2D eigenvalue weighted by molar-refractivity contribution is 0.0947. The normalized spacial score (nSPS) is 10.7. The molecule has 4 nitrogen and oxygen atoms in total. The van der Waals surface area contributed by atoms with Gasteiger partial charge in [0.1, 0.15) is 5.76 Å². The number of halogens is 1. The third-order valence-corrected chi connectivity index (χ3v) is 3.18. The average molecular weight is 323 g/mol. The molecule has 0 radical (unpaired) electrons. The van der Waals surface area contributed by atoms with Gasteiger partial charge in [-0.15, -0.1) is 0 Å². The zero-order chi connectivity index (χ0) is 13.8. The van der Waals surface area contributed by atoms with Gasteiger partial charge in [0.25, 0.3) is 5.91 Å². The van der Waals surface area contributed by atoms with Crippen LogP contribution in [0.2, 0.25) is 0 Å². The quantitative estimate of drug-likeness (QED) is 0.937. The number of hydrogen-bond donors (Lipinski definition) is 1. The second-order valence-electron chi connectivity index (χ2n) is 4.50. The molecule has 0 spiro atoms. The average Bonchev–Trinajstić information content (AvgIpc) is 2.86. The highest BCUT2D eigenvalue weighted by Crippen LogP contribution is 2.15. The molecule has 2 aromatic rings. The number of carbonyl (C=O) groups is 1. The predicted octanol–water partition coefficient (Wildman–Crippen LogP) is 3.49. The summed E-state index contributed by atoms with van der Waals surface area (Å²) in [5, 5.41) is 2.78. The smallest absolute Gasteiger partial charge is 0.251 e. The fourth-order valence-electron chi connectivity index (χ4n) is 1.53. The van der Waals surface area contributed by atoms with Crippen molar-refractivity contribution in [1.82, 2.24) is 10.3 Å². The van der Waals surface area contributed by atoms with E-state index >= 15 is 0 Å². The van der Waals surface area contributed by atoms with Crippen molar-refractivity contribution in [2.75, 3.05) is 0 Å². The molecule has 0 aliphatic heterocycles. The highest BCUT2D eigenvalue weighted by molar-refractivity contribution is 9.10. The summed E-state index contributed by atoms with van der Waals surface area (Å²) in [4.78, 5) is 16.0. The summed E-state index contributed by atoms with van der Waals surface area (Å²) in [6.07, 6.45) is 1.70. The first-order chi connectivity index (χ1) is 9.06. The Kier molecular flexibility index (Phi) is 4.37. The highest BCUT2D eigenvalue weighted by atomic mass is 79.9. The number of rotatable bonds is 4. The van der Waals surface area contributed by atoms with Gasteiger partial charge in [-0.2, -0.15) is 0 Å². The molecule has 0 bridgehead atoms. The van der Waals surface area contributed by atoms with E-state index in [2.05, 4.69) is 26.2 Å². The van der Waals surface area contributed by atoms with Crippen LogP contribution in [0.5, 0.6) is 0 Å². The first-order valence-electron chi connectivity index (χ1n) is 6.04. The number of hydrogen-bond acceptors (Lipinski definition) is 3. The Bertz CT molecular complexity index is 561. The molecule has 1 amide bonds. The third kappa shape index (κ3) is 3.67. The number of oxazole rings is 1. The number of nitrogens with one attached hydrogen (secondary N) is 1. The third-order valence-electron chi connectivity index (χ3n) is 2.65. The van der Waals surface area contributed by atoms with E-state index in [1.54, 1.807) is 18.3 Å². The van der Waals surface area contributed by atoms with Crippen molar-refractivity contribution in [3.05, 3.63) is 52.1 Å². The molecule has 1 heterocycles. The molecule has 1 aromatic carbocycles. The minimum absolute atomic E-state index is 0.142. The summed E-state index contributed by atoms with van der Waals surface area (Å²) >= 11 is 3.33. The number of benzene rings is 1. The SMILES string of the molecule is CC(C)c1cnc(CNC(=O)c2ccc(Br)cc2)o1. The molecule has 100 valence electrons. The van der Waals surface area contributed by atoms with E-state index in [0.29, 0.717) is 23.9 Å². The second-order valence-corrected chi connectivity index (χ2v) is 5.42. The van der Waals surface area contributed by atoms with E-state index < -0.39 is 0 Å². The summed E-state index contributed by atoms with van der Waals surface area (Å²) in [7, 11) is 0.